The molecule has 0 fully saturated rings. The van der Waals surface area contributed by atoms with Gasteiger partial charge >= 0.3 is 0 Å². The first-order valence-electron chi connectivity index (χ1n) is 4.40. The van der Waals surface area contributed by atoms with Gasteiger partial charge in [0.1, 0.15) is 0 Å². The van der Waals surface area contributed by atoms with Crippen LogP contribution in [0.5, 0.6) is 0 Å². The fraction of sp³-hybridized carbons (Fsp3) is 0.875. The molecule has 1 atom stereocenters. The first-order chi connectivity index (χ1) is 6.41. The first kappa shape index (κ1) is 14.3. The van der Waals surface area contributed by atoms with Gasteiger partial charge in [-0.3, -0.25) is 4.79 Å². The fourth-order valence-electron chi connectivity index (χ4n) is 0.927. The van der Waals surface area contributed by atoms with Crippen LogP contribution in [-0.4, -0.2) is 27.5 Å². The number of unbranched alkanes of at least 4 members (excludes halogenated alkanes) is 1. The molecule has 0 heterocycles. The lowest BCUT2D eigenvalue weighted by molar-refractivity contribution is -0.121. The van der Waals surface area contributed by atoms with Crippen LogP contribution in [0.2, 0.25) is 0 Å². The summed E-state index contributed by atoms with van der Waals surface area (Å²) in [5.41, 5.74) is 0. The third kappa shape index (κ3) is 5.91. The summed E-state index contributed by atoms with van der Waals surface area (Å²) < 4.78 is -1.96. The van der Waals surface area contributed by atoms with E-state index in [2.05, 4.69) is 5.32 Å². The van der Waals surface area contributed by atoms with Gasteiger partial charge in [-0.25, -0.2) is 0 Å². The minimum atomic E-state index is -1.96. The predicted molar refractivity (Wildman–Crippen MR) is 58.8 cm³/mol. The molecule has 0 aliphatic carbocycles. The Kier molecular flexibility index (Phi) is 6.87. The van der Waals surface area contributed by atoms with Gasteiger partial charge in [0.15, 0.2) is 0 Å². The number of halogens is 3. The van der Waals surface area contributed by atoms with Crippen molar-refractivity contribution in [2.75, 3.05) is 6.61 Å². The number of rotatable bonds is 5. The molecule has 84 valence electrons. The minimum absolute atomic E-state index is 0.146. The number of hydrogen-bond donors (Lipinski definition) is 2. The van der Waals surface area contributed by atoms with E-state index in [0.29, 0.717) is 6.42 Å². The third-order valence-corrected chi connectivity index (χ3v) is 2.23. The van der Waals surface area contributed by atoms with Crippen LogP contribution in [0.3, 0.4) is 0 Å². The van der Waals surface area contributed by atoms with E-state index in [1.54, 1.807) is 0 Å². The molecule has 0 radical (unpaired) electrons. The molecule has 6 heteroatoms. The Morgan fingerprint density at radius 2 is 2.07 bits per heavy atom. The molecule has 0 unspecified atom stereocenters. The van der Waals surface area contributed by atoms with Gasteiger partial charge in [-0.05, 0) is 6.42 Å². The highest BCUT2D eigenvalue weighted by Gasteiger charge is 2.31. The van der Waals surface area contributed by atoms with Crippen molar-refractivity contribution in [2.24, 2.45) is 0 Å². The summed E-state index contributed by atoms with van der Waals surface area (Å²) in [6, 6.07) is -0.335. The topological polar surface area (TPSA) is 49.3 Å². The lowest BCUT2D eigenvalue weighted by Crippen LogP contribution is -2.43. The Labute approximate surface area is 98.7 Å². The predicted octanol–water partition coefficient (Wildman–Crippen LogP) is 2.02. The van der Waals surface area contributed by atoms with E-state index >= 15 is 0 Å². The SMILES string of the molecule is CCCC[C@H](CO)NC(=O)C(Cl)(Cl)Cl. The molecule has 2 N–H and O–H groups in total. The molecule has 0 rings (SSSR count). The van der Waals surface area contributed by atoms with Crippen molar-refractivity contribution in [1.29, 1.82) is 0 Å². The van der Waals surface area contributed by atoms with E-state index in [0.717, 1.165) is 12.8 Å². The molecule has 0 aliphatic rings. The quantitative estimate of drug-likeness (QED) is 0.745. The summed E-state index contributed by atoms with van der Waals surface area (Å²) in [5, 5.41) is 11.4. The Balaban J connectivity index is 3.99. The number of hydrogen-bond acceptors (Lipinski definition) is 2. The normalized spacial score (nSPS) is 13.8. The summed E-state index contributed by atoms with van der Waals surface area (Å²) in [6.45, 7) is 1.87. The number of alkyl halides is 3. The minimum Gasteiger partial charge on any atom is -0.394 e. The van der Waals surface area contributed by atoms with Crippen molar-refractivity contribution < 1.29 is 9.90 Å². The number of carbonyl (C=O) groups is 1. The molecule has 3 nitrogen and oxygen atoms in total. The van der Waals surface area contributed by atoms with Gasteiger partial charge in [-0.1, -0.05) is 54.6 Å². The van der Waals surface area contributed by atoms with Crippen LogP contribution in [-0.2, 0) is 4.79 Å². The maximum atomic E-state index is 11.2. The molecular formula is C8H14Cl3NO2. The smallest absolute Gasteiger partial charge is 0.272 e. The van der Waals surface area contributed by atoms with Crippen molar-refractivity contribution >= 4 is 40.7 Å². The van der Waals surface area contributed by atoms with Crippen LogP contribution in [0.1, 0.15) is 26.2 Å². The zero-order chi connectivity index (χ0) is 11.2. The van der Waals surface area contributed by atoms with Gasteiger partial charge in [0.05, 0.1) is 12.6 Å². The Bertz CT molecular complexity index is 182. The van der Waals surface area contributed by atoms with Gasteiger partial charge in [0, 0.05) is 0 Å². The monoisotopic (exact) mass is 261 g/mol. The average molecular weight is 263 g/mol. The summed E-state index contributed by atoms with van der Waals surface area (Å²) >= 11 is 16.1. The highest BCUT2D eigenvalue weighted by Crippen LogP contribution is 2.26. The lowest BCUT2D eigenvalue weighted by Gasteiger charge is -2.18. The zero-order valence-corrected chi connectivity index (χ0v) is 10.2. The summed E-state index contributed by atoms with van der Waals surface area (Å²) in [6.07, 6.45) is 2.57. The standard InChI is InChI=1S/C8H14Cl3NO2/c1-2-3-4-6(5-13)12-7(14)8(9,10)11/h6,13H,2-5H2,1H3,(H,12,14)/t6-/m1/s1. The largest absolute Gasteiger partial charge is 0.394 e. The van der Waals surface area contributed by atoms with E-state index in [1.807, 2.05) is 6.92 Å². The maximum Gasteiger partial charge on any atom is 0.272 e. The van der Waals surface area contributed by atoms with Crippen LogP contribution < -0.4 is 5.32 Å². The van der Waals surface area contributed by atoms with Gasteiger partial charge in [0.2, 0.25) is 0 Å². The second-order valence-electron chi connectivity index (χ2n) is 2.99. The van der Waals surface area contributed by atoms with Gasteiger partial charge < -0.3 is 10.4 Å². The zero-order valence-electron chi connectivity index (χ0n) is 7.90. The third-order valence-electron chi connectivity index (χ3n) is 1.72. The van der Waals surface area contributed by atoms with Crippen LogP contribution in [0.15, 0.2) is 0 Å². The summed E-state index contributed by atoms with van der Waals surface area (Å²) in [4.78, 5) is 11.2. The van der Waals surface area contributed by atoms with Crippen LogP contribution in [0.25, 0.3) is 0 Å². The summed E-state index contributed by atoms with van der Waals surface area (Å²) in [5.74, 6) is -0.697. The van der Waals surface area contributed by atoms with E-state index in [9.17, 15) is 4.79 Å². The average Bonchev–Trinajstić information content (AvgIpc) is 2.10. The van der Waals surface area contributed by atoms with Crippen LogP contribution in [0, 0.1) is 0 Å². The second-order valence-corrected chi connectivity index (χ2v) is 5.27. The van der Waals surface area contributed by atoms with Crippen LogP contribution in [0.4, 0.5) is 0 Å². The highest BCUT2D eigenvalue weighted by atomic mass is 35.6. The number of aliphatic hydroxyl groups excluding tert-OH is 1. The first-order valence-corrected chi connectivity index (χ1v) is 5.53. The van der Waals surface area contributed by atoms with Crippen molar-refractivity contribution in [1.82, 2.24) is 5.32 Å². The molecule has 0 aromatic heterocycles. The van der Waals surface area contributed by atoms with Gasteiger partial charge in [0.25, 0.3) is 9.70 Å². The highest BCUT2D eigenvalue weighted by molar-refractivity contribution is 6.76. The fourth-order valence-corrected chi connectivity index (χ4v) is 1.09. The molecule has 0 saturated heterocycles. The second kappa shape index (κ2) is 6.72. The van der Waals surface area contributed by atoms with E-state index in [-0.39, 0.29) is 12.6 Å². The van der Waals surface area contributed by atoms with Crippen molar-refractivity contribution in [3.05, 3.63) is 0 Å². The molecule has 0 spiro atoms. The number of carbonyl (C=O) groups excluding carboxylic acids is 1. The van der Waals surface area contributed by atoms with Gasteiger partial charge in [-0.15, -0.1) is 0 Å². The number of aliphatic hydroxyl groups is 1. The molecule has 0 aromatic rings. The number of amides is 1. The molecule has 0 aromatic carbocycles. The Morgan fingerprint density at radius 1 is 1.50 bits per heavy atom. The van der Waals surface area contributed by atoms with Crippen molar-refractivity contribution in [3.63, 3.8) is 0 Å². The van der Waals surface area contributed by atoms with E-state index < -0.39 is 9.70 Å². The van der Waals surface area contributed by atoms with Crippen LogP contribution >= 0.6 is 34.8 Å². The Hall–Kier alpha value is 0.300. The molecule has 14 heavy (non-hydrogen) atoms. The molecule has 1 amide bonds. The molecular weight excluding hydrogens is 248 g/mol. The molecule has 0 bridgehead atoms. The number of nitrogens with one attached hydrogen (secondary N) is 1. The molecule has 0 aliphatic heterocycles. The van der Waals surface area contributed by atoms with Gasteiger partial charge in [-0.2, -0.15) is 0 Å². The molecule has 0 saturated carbocycles. The lowest BCUT2D eigenvalue weighted by atomic mass is 10.1. The maximum absolute atomic E-state index is 11.2. The van der Waals surface area contributed by atoms with Crippen molar-refractivity contribution in [2.45, 2.75) is 36.0 Å². The van der Waals surface area contributed by atoms with E-state index in [1.165, 1.54) is 0 Å². The van der Waals surface area contributed by atoms with Crippen molar-refractivity contribution in [3.8, 4) is 0 Å². The van der Waals surface area contributed by atoms with E-state index in [4.69, 9.17) is 39.9 Å². The Morgan fingerprint density at radius 3 is 2.43 bits per heavy atom. The summed E-state index contributed by atoms with van der Waals surface area (Å²) in [7, 11) is 0.